The molecule has 1 unspecified atom stereocenters. The number of anilines is 1. The Hall–Kier alpha value is -3.26. The van der Waals surface area contributed by atoms with E-state index in [0.717, 1.165) is 38.1 Å². The van der Waals surface area contributed by atoms with Crippen LogP contribution < -0.4 is 19.1 Å². The molecule has 2 atom stereocenters. The standard InChI is InChI=1S/C25H27N3O5/c1-31-19-3-4-20-17(11-19)7-9-26-8-6-16(10-21(20)26)13-28-24(29)14-27(25(28)30)18-2-5-22-23(12-18)33-15-32-22/h2-5,11-12,16,21H,6-10,13-15H2,1H3/t16-,21?/m1/s1. The average Bonchev–Trinajstić information content (AvgIpc) is 3.42. The van der Waals surface area contributed by atoms with Gasteiger partial charge in [-0.1, -0.05) is 6.07 Å². The second-order valence-electron chi connectivity index (χ2n) is 9.17. The fraction of sp³-hybridized carbons (Fsp3) is 0.440. The summed E-state index contributed by atoms with van der Waals surface area (Å²) in [6.45, 7) is 2.73. The molecule has 2 aromatic carbocycles. The van der Waals surface area contributed by atoms with Crippen molar-refractivity contribution in [2.75, 3.05) is 45.0 Å². The van der Waals surface area contributed by atoms with E-state index in [9.17, 15) is 9.59 Å². The predicted molar refractivity (Wildman–Crippen MR) is 121 cm³/mol. The Morgan fingerprint density at radius 2 is 1.94 bits per heavy atom. The van der Waals surface area contributed by atoms with Gasteiger partial charge in [0.15, 0.2) is 11.5 Å². The van der Waals surface area contributed by atoms with Crippen LogP contribution in [0.2, 0.25) is 0 Å². The molecule has 33 heavy (non-hydrogen) atoms. The van der Waals surface area contributed by atoms with Crippen LogP contribution in [0.4, 0.5) is 10.5 Å². The highest BCUT2D eigenvalue weighted by molar-refractivity contribution is 6.12. The molecule has 0 N–H and O–H groups in total. The number of imide groups is 1. The van der Waals surface area contributed by atoms with Crippen molar-refractivity contribution in [3.05, 3.63) is 47.5 Å². The molecule has 8 nitrogen and oxygen atoms in total. The molecule has 8 heteroatoms. The van der Waals surface area contributed by atoms with E-state index in [1.54, 1.807) is 25.3 Å². The molecule has 2 fully saturated rings. The van der Waals surface area contributed by atoms with Crippen molar-refractivity contribution in [3.63, 3.8) is 0 Å². The number of rotatable bonds is 4. The third-order valence-corrected chi connectivity index (χ3v) is 7.36. The summed E-state index contributed by atoms with van der Waals surface area (Å²) in [6, 6.07) is 11.8. The van der Waals surface area contributed by atoms with Gasteiger partial charge < -0.3 is 14.2 Å². The third kappa shape index (κ3) is 3.49. The summed E-state index contributed by atoms with van der Waals surface area (Å²) in [7, 11) is 1.70. The van der Waals surface area contributed by atoms with Crippen molar-refractivity contribution in [1.82, 2.24) is 9.80 Å². The second kappa shape index (κ2) is 7.95. The third-order valence-electron chi connectivity index (χ3n) is 7.36. The van der Waals surface area contributed by atoms with Gasteiger partial charge in [-0.15, -0.1) is 0 Å². The van der Waals surface area contributed by atoms with Crippen molar-refractivity contribution in [3.8, 4) is 17.2 Å². The zero-order valence-electron chi connectivity index (χ0n) is 18.7. The number of piperidine rings is 1. The number of carbonyl (C=O) groups is 2. The van der Waals surface area contributed by atoms with E-state index in [4.69, 9.17) is 14.2 Å². The molecule has 6 rings (SSSR count). The number of fused-ring (bicyclic) bond motifs is 4. The van der Waals surface area contributed by atoms with Crippen LogP contribution in [0.3, 0.4) is 0 Å². The smallest absolute Gasteiger partial charge is 0.331 e. The van der Waals surface area contributed by atoms with Gasteiger partial charge >= 0.3 is 6.03 Å². The van der Waals surface area contributed by atoms with Gasteiger partial charge in [0.2, 0.25) is 6.79 Å². The summed E-state index contributed by atoms with van der Waals surface area (Å²) in [4.78, 5) is 31.5. The lowest BCUT2D eigenvalue weighted by Gasteiger charge is -2.44. The minimum absolute atomic E-state index is 0.0589. The summed E-state index contributed by atoms with van der Waals surface area (Å²) in [5.74, 6) is 2.29. The number of carbonyl (C=O) groups excluding carboxylic acids is 2. The van der Waals surface area contributed by atoms with Crippen LogP contribution in [-0.4, -0.2) is 61.8 Å². The fourth-order valence-corrected chi connectivity index (χ4v) is 5.59. The zero-order valence-corrected chi connectivity index (χ0v) is 18.7. The summed E-state index contributed by atoms with van der Waals surface area (Å²) >= 11 is 0. The molecular formula is C25H27N3O5. The van der Waals surface area contributed by atoms with Crippen molar-refractivity contribution in [1.29, 1.82) is 0 Å². The lowest BCUT2D eigenvalue weighted by atomic mass is 9.82. The molecule has 2 saturated heterocycles. The first-order chi connectivity index (χ1) is 16.1. The molecule has 4 heterocycles. The second-order valence-corrected chi connectivity index (χ2v) is 9.17. The van der Waals surface area contributed by atoms with Gasteiger partial charge in [-0.3, -0.25) is 19.5 Å². The number of ether oxygens (including phenoxy) is 3. The molecule has 0 spiro atoms. The molecule has 0 aromatic heterocycles. The molecule has 0 saturated carbocycles. The Labute approximate surface area is 192 Å². The predicted octanol–water partition coefficient (Wildman–Crippen LogP) is 3.20. The molecule has 0 radical (unpaired) electrons. The van der Waals surface area contributed by atoms with Crippen LogP contribution in [0.5, 0.6) is 17.2 Å². The summed E-state index contributed by atoms with van der Waals surface area (Å²) < 4.78 is 16.2. The minimum atomic E-state index is -0.255. The van der Waals surface area contributed by atoms with Crippen molar-refractivity contribution in [2.45, 2.75) is 25.3 Å². The molecule has 4 aliphatic heterocycles. The zero-order chi connectivity index (χ0) is 22.5. The maximum atomic E-state index is 13.2. The van der Waals surface area contributed by atoms with Crippen LogP contribution in [0, 0.1) is 5.92 Å². The van der Waals surface area contributed by atoms with Gasteiger partial charge in [-0.25, -0.2) is 4.79 Å². The van der Waals surface area contributed by atoms with Crippen molar-refractivity contribution in [2.24, 2.45) is 5.92 Å². The number of hydrogen-bond acceptors (Lipinski definition) is 6. The van der Waals surface area contributed by atoms with Crippen LogP contribution >= 0.6 is 0 Å². The number of methoxy groups -OCH3 is 1. The minimum Gasteiger partial charge on any atom is -0.497 e. The Kier molecular flexibility index (Phi) is 4.90. The SMILES string of the molecule is COc1ccc2c(c1)CCN1CC[C@@H](CN3C(=O)CN(c4ccc5c(c4)OCO5)C3=O)CC21. The van der Waals surface area contributed by atoms with Crippen LogP contribution in [-0.2, 0) is 11.2 Å². The summed E-state index contributed by atoms with van der Waals surface area (Å²) in [5.41, 5.74) is 3.36. The summed E-state index contributed by atoms with van der Waals surface area (Å²) in [6.07, 6.45) is 2.96. The molecule has 2 aromatic rings. The van der Waals surface area contributed by atoms with Gasteiger partial charge in [0, 0.05) is 30.9 Å². The first-order valence-electron chi connectivity index (χ1n) is 11.5. The number of benzene rings is 2. The van der Waals surface area contributed by atoms with Gasteiger partial charge in [0.25, 0.3) is 5.91 Å². The lowest BCUT2D eigenvalue weighted by molar-refractivity contribution is -0.125. The number of hydrogen-bond donors (Lipinski definition) is 0. The van der Waals surface area contributed by atoms with Gasteiger partial charge in [0.1, 0.15) is 12.3 Å². The molecule has 3 amide bonds. The first kappa shape index (κ1) is 20.4. The highest BCUT2D eigenvalue weighted by Gasteiger charge is 2.41. The van der Waals surface area contributed by atoms with Crippen LogP contribution in [0.1, 0.15) is 30.0 Å². The van der Waals surface area contributed by atoms with Crippen molar-refractivity contribution < 1.29 is 23.8 Å². The molecule has 172 valence electrons. The average molecular weight is 450 g/mol. The highest BCUT2D eigenvalue weighted by Crippen LogP contribution is 2.41. The normalized spacial score (nSPS) is 24.2. The van der Waals surface area contributed by atoms with E-state index in [2.05, 4.69) is 17.0 Å². The van der Waals surface area contributed by atoms with Crippen LogP contribution in [0.15, 0.2) is 36.4 Å². The maximum absolute atomic E-state index is 13.2. The largest absolute Gasteiger partial charge is 0.497 e. The Morgan fingerprint density at radius 3 is 2.82 bits per heavy atom. The molecule has 0 bridgehead atoms. The van der Waals surface area contributed by atoms with E-state index in [1.807, 2.05) is 6.07 Å². The maximum Gasteiger partial charge on any atom is 0.331 e. The van der Waals surface area contributed by atoms with Gasteiger partial charge in [-0.05, 0) is 67.1 Å². The quantitative estimate of drug-likeness (QED) is 0.668. The molecule has 0 aliphatic carbocycles. The molecule has 4 aliphatic rings. The van der Waals surface area contributed by atoms with E-state index in [1.165, 1.54) is 20.9 Å². The Morgan fingerprint density at radius 1 is 1.06 bits per heavy atom. The Balaban J connectivity index is 1.17. The van der Waals surface area contributed by atoms with E-state index in [0.29, 0.717) is 29.8 Å². The Bertz CT molecular complexity index is 1120. The fourth-order valence-electron chi connectivity index (χ4n) is 5.59. The molecular weight excluding hydrogens is 422 g/mol. The monoisotopic (exact) mass is 449 g/mol. The number of urea groups is 1. The van der Waals surface area contributed by atoms with Crippen molar-refractivity contribution >= 4 is 17.6 Å². The van der Waals surface area contributed by atoms with Crippen LogP contribution in [0.25, 0.3) is 0 Å². The van der Waals surface area contributed by atoms with Gasteiger partial charge in [0.05, 0.1) is 7.11 Å². The first-order valence-corrected chi connectivity index (χ1v) is 11.5. The van der Waals surface area contributed by atoms with E-state index < -0.39 is 0 Å². The van der Waals surface area contributed by atoms with Gasteiger partial charge in [-0.2, -0.15) is 0 Å². The number of amides is 3. The highest BCUT2D eigenvalue weighted by atomic mass is 16.7. The topological polar surface area (TPSA) is 71.6 Å². The lowest BCUT2D eigenvalue weighted by Crippen LogP contribution is -2.45. The number of nitrogens with zero attached hydrogens (tertiary/aromatic N) is 3. The van der Waals surface area contributed by atoms with E-state index >= 15 is 0 Å². The summed E-state index contributed by atoms with van der Waals surface area (Å²) in [5, 5.41) is 0. The van der Waals surface area contributed by atoms with E-state index in [-0.39, 0.29) is 31.2 Å².